The zero-order valence-electron chi connectivity index (χ0n) is 15.8. The first-order valence-corrected chi connectivity index (χ1v) is 9.23. The number of H-pyrrole nitrogens is 1. The van der Waals surface area contributed by atoms with Gasteiger partial charge < -0.3 is 10.6 Å². The first-order chi connectivity index (χ1) is 13.9. The van der Waals surface area contributed by atoms with E-state index in [1.807, 2.05) is 6.07 Å². The summed E-state index contributed by atoms with van der Waals surface area (Å²) in [5.74, 6) is -0.0431. The summed E-state index contributed by atoms with van der Waals surface area (Å²) in [6.07, 6.45) is 0. The molecule has 3 rings (SSSR count). The number of nitriles is 1. The molecule has 1 heterocycles. The Morgan fingerprint density at radius 3 is 2.31 bits per heavy atom. The lowest BCUT2D eigenvalue weighted by atomic mass is 10.1. The Morgan fingerprint density at radius 1 is 1.10 bits per heavy atom. The van der Waals surface area contributed by atoms with E-state index in [9.17, 15) is 14.9 Å². The first kappa shape index (κ1) is 20.1. The maximum absolute atomic E-state index is 12.4. The molecule has 146 valence electrons. The highest BCUT2D eigenvalue weighted by Gasteiger charge is 2.14. The monoisotopic (exact) mass is 407 g/mol. The number of nitrogens with one attached hydrogen (secondary N) is 3. The van der Waals surface area contributed by atoms with Crippen LogP contribution < -0.4 is 16.2 Å². The van der Waals surface area contributed by atoms with Gasteiger partial charge in [-0.3, -0.25) is 14.6 Å². The molecule has 0 aliphatic heterocycles. The molecule has 29 heavy (non-hydrogen) atoms. The van der Waals surface area contributed by atoms with Crippen LogP contribution in [-0.2, 0) is 4.79 Å². The average Bonchev–Trinajstić information content (AvgIpc) is 2.70. The molecular weight excluding hydrogens is 390 g/mol. The summed E-state index contributed by atoms with van der Waals surface area (Å²) in [6.45, 7) is 3.61. The van der Waals surface area contributed by atoms with Crippen molar-refractivity contribution in [1.82, 2.24) is 9.97 Å². The molecule has 0 atom stereocenters. The van der Waals surface area contributed by atoms with Gasteiger partial charge in [-0.05, 0) is 36.4 Å². The number of carbonyl (C=O) groups is 1. The van der Waals surface area contributed by atoms with E-state index in [0.717, 1.165) is 0 Å². The number of aromatic nitrogens is 2. The minimum absolute atomic E-state index is 0.0920. The van der Waals surface area contributed by atoms with Crippen molar-refractivity contribution in [2.45, 2.75) is 13.8 Å². The molecule has 8 heteroatoms. The van der Waals surface area contributed by atoms with E-state index in [4.69, 9.17) is 11.6 Å². The van der Waals surface area contributed by atoms with E-state index in [-0.39, 0.29) is 29.0 Å². The van der Waals surface area contributed by atoms with E-state index >= 15 is 0 Å². The third-order valence-electron chi connectivity index (χ3n) is 4.09. The minimum atomic E-state index is -0.550. The molecule has 3 aromatic rings. The second-order valence-electron chi connectivity index (χ2n) is 6.60. The van der Waals surface area contributed by atoms with Crippen LogP contribution in [0.25, 0.3) is 11.3 Å². The SMILES string of the molecule is CC(C)C(=O)Nc1ccc(-c2nc(Nc3ccc(Cl)cc3)[nH]c(=O)c2C#N)cc1. The van der Waals surface area contributed by atoms with Gasteiger partial charge in [-0.1, -0.05) is 37.6 Å². The number of rotatable bonds is 5. The van der Waals surface area contributed by atoms with Crippen LogP contribution >= 0.6 is 11.6 Å². The molecule has 0 saturated carbocycles. The van der Waals surface area contributed by atoms with E-state index in [1.165, 1.54) is 0 Å². The quantitative estimate of drug-likeness (QED) is 0.584. The highest BCUT2D eigenvalue weighted by atomic mass is 35.5. The van der Waals surface area contributed by atoms with Gasteiger partial charge in [-0.2, -0.15) is 5.26 Å². The van der Waals surface area contributed by atoms with Crippen LogP contribution in [0.15, 0.2) is 53.3 Å². The topological polar surface area (TPSA) is 111 Å². The second-order valence-corrected chi connectivity index (χ2v) is 7.04. The van der Waals surface area contributed by atoms with Crippen molar-refractivity contribution in [2.24, 2.45) is 5.92 Å². The molecule has 2 aromatic carbocycles. The predicted molar refractivity (Wildman–Crippen MR) is 113 cm³/mol. The average molecular weight is 408 g/mol. The Kier molecular flexibility index (Phi) is 5.96. The molecule has 0 aliphatic carbocycles. The molecule has 1 aromatic heterocycles. The summed E-state index contributed by atoms with van der Waals surface area (Å²) in [6, 6.07) is 15.6. The van der Waals surface area contributed by atoms with Gasteiger partial charge >= 0.3 is 0 Å². The van der Waals surface area contributed by atoms with Crippen molar-refractivity contribution >= 4 is 34.8 Å². The highest BCUT2D eigenvalue weighted by molar-refractivity contribution is 6.30. The third-order valence-corrected chi connectivity index (χ3v) is 4.34. The van der Waals surface area contributed by atoms with Gasteiger partial charge in [0.15, 0.2) is 0 Å². The molecular formula is C21H18ClN5O2. The fourth-order valence-corrected chi connectivity index (χ4v) is 2.64. The Bertz CT molecular complexity index is 1130. The number of hydrogen-bond acceptors (Lipinski definition) is 5. The summed E-state index contributed by atoms with van der Waals surface area (Å²) in [7, 11) is 0. The molecule has 0 radical (unpaired) electrons. The number of amides is 1. The molecule has 1 amide bonds. The van der Waals surface area contributed by atoms with Gasteiger partial charge in [0, 0.05) is 27.9 Å². The lowest BCUT2D eigenvalue weighted by Gasteiger charge is -2.10. The van der Waals surface area contributed by atoms with Crippen molar-refractivity contribution in [3.8, 4) is 17.3 Å². The van der Waals surface area contributed by atoms with Crippen LogP contribution in [0, 0.1) is 17.2 Å². The van der Waals surface area contributed by atoms with Crippen LogP contribution in [0.3, 0.4) is 0 Å². The van der Waals surface area contributed by atoms with E-state index in [1.54, 1.807) is 62.4 Å². The fraction of sp³-hybridized carbons (Fsp3) is 0.143. The van der Waals surface area contributed by atoms with Crippen molar-refractivity contribution in [2.75, 3.05) is 10.6 Å². The number of hydrogen-bond donors (Lipinski definition) is 3. The van der Waals surface area contributed by atoms with Crippen molar-refractivity contribution < 1.29 is 4.79 Å². The fourth-order valence-electron chi connectivity index (χ4n) is 2.51. The predicted octanol–water partition coefficient (Wildman–Crippen LogP) is 4.30. The van der Waals surface area contributed by atoms with E-state index < -0.39 is 5.56 Å². The summed E-state index contributed by atoms with van der Waals surface area (Å²) < 4.78 is 0. The highest BCUT2D eigenvalue weighted by Crippen LogP contribution is 2.24. The molecule has 0 bridgehead atoms. The molecule has 0 unspecified atom stereocenters. The Labute approximate surface area is 172 Å². The normalized spacial score (nSPS) is 10.4. The van der Waals surface area contributed by atoms with Crippen molar-refractivity contribution in [3.63, 3.8) is 0 Å². The zero-order chi connectivity index (χ0) is 21.0. The van der Waals surface area contributed by atoms with E-state index in [0.29, 0.717) is 22.0 Å². The lowest BCUT2D eigenvalue weighted by Crippen LogP contribution is -2.17. The van der Waals surface area contributed by atoms with Gasteiger partial charge in [0.2, 0.25) is 11.9 Å². The summed E-state index contributed by atoms with van der Waals surface area (Å²) in [4.78, 5) is 31.1. The van der Waals surface area contributed by atoms with Crippen LogP contribution in [0.5, 0.6) is 0 Å². The number of aromatic amines is 1. The van der Waals surface area contributed by atoms with E-state index in [2.05, 4.69) is 20.6 Å². The third kappa shape index (κ3) is 4.81. The number of halogens is 1. The minimum Gasteiger partial charge on any atom is -0.326 e. The van der Waals surface area contributed by atoms with Gasteiger partial charge in [0.1, 0.15) is 11.6 Å². The standard InChI is InChI=1S/C21H18ClN5O2/c1-12(2)19(28)24-15-7-3-13(4-8-15)18-17(11-23)20(29)27-21(26-18)25-16-9-5-14(22)6-10-16/h3-10,12H,1-2H3,(H,24,28)(H2,25,26,27,29). The zero-order valence-corrected chi connectivity index (χ0v) is 16.5. The van der Waals surface area contributed by atoms with Crippen LogP contribution in [0.4, 0.5) is 17.3 Å². The summed E-state index contributed by atoms with van der Waals surface area (Å²) in [5, 5.41) is 15.8. The smallest absolute Gasteiger partial charge is 0.270 e. The van der Waals surface area contributed by atoms with Crippen LogP contribution in [-0.4, -0.2) is 15.9 Å². The molecule has 7 nitrogen and oxygen atoms in total. The van der Waals surface area contributed by atoms with Gasteiger partial charge in [0.25, 0.3) is 5.56 Å². The maximum atomic E-state index is 12.4. The van der Waals surface area contributed by atoms with Crippen LogP contribution in [0.2, 0.25) is 5.02 Å². The summed E-state index contributed by atoms with van der Waals surface area (Å²) >= 11 is 5.88. The number of carbonyl (C=O) groups excluding carboxylic acids is 1. The van der Waals surface area contributed by atoms with Gasteiger partial charge in [0.05, 0.1) is 5.69 Å². The molecule has 0 aliphatic rings. The van der Waals surface area contributed by atoms with Gasteiger partial charge in [-0.25, -0.2) is 4.98 Å². The molecule has 0 fully saturated rings. The molecule has 0 spiro atoms. The van der Waals surface area contributed by atoms with Gasteiger partial charge in [-0.15, -0.1) is 0 Å². The number of anilines is 3. The Balaban J connectivity index is 1.94. The Morgan fingerprint density at radius 2 is 1.72 bits per heavy atom. The second kappa shape index (κ2) is 8.59. The maximum Gasteiger partial charge on any atom is 0.270 e. The molecule has 0 saturated heterocycles. The summed E-state index contributed by atoms with van der Waals surface area (Å²) in [5.41, 5.74) is 1.48. The lowest BCUT2D eigenvalue weighted by molar-refractivity contribution is -0.118. The first-order valence-electron chi connectivity index (χ1n) is 8.85. The van der Waals surface area contributed by atoms with Crippen molar-refractivity contribution in [1.29, 1.82) is 5.26 Å². The molecule has 3 N–H and O–H groups in total. The number of benzene rings is 2. The van der Waals surface area contributed by atoms with Crippen molar-refractivity contribution in [3.05, 3.63) is 69.5 Å². The van der Waals surface area contributed by atoms with Crippen LogP contribution in [0.1, 0.15) is 19.4 Å². The Hall–Kier alpha value is -3.63. The largest absolute Gasteiger partial charge is 0.326 e. The number of nitrogens with zero attached hydrogens (tertiary/aromatic N) is 2.